The quantitative estimate of drug-likeness (QED) is 0.352. The number of fused-ring (bicyclic) bond motifs is 1. The average molecular weight is 337 g/mol. The van der Waals surface area contributed by atoms with E-state index in [1.54, 1.807) is 0 Å². The van der Waals surface area contributed by atoms with Gasteiger partial charge in [-0.15, -0.1) is 0 Å². The molecule has 0 radical (unpaired) electrons. The summed E-state index contributed by atoms with van der Waals surface area (Å²) in [6.07, 6.45) is 0. The first-order valence-electron chi connectivity index (χ1n) is 8.59. The van der Waals surface area contributed by atoms with Crippen molar-refractivity contribution in [1.82, 2.24) is 0 Å². The Morgan fingerprint density at radius 2 is 1.08 bits per heavy atom. The summed E-state index contributed by atoms with van der Waals surface area (Å²) in [4.78, 5) is 4.87. The molecule has 4 aromatic carbocycles. The molecular weight excluding hydrogens is 318 g/mol. The molecule has 0 atom stereocenters. The van der Waals surface area contributed by atoms with Crippen molar-refractivity contribution >= 4 is 33.8 Å². The van der Waals surface area contributed by atoms with E-state index in [1.807, 2.05) is 84.9 Å². The summed E-state index contributed by atoms with van der Waals surface area (Å²) in [7, 11) is 0. The molecule has 0 heterocycles. The van der Waals surface area contributed by atoms with Crippen LogP contribution in [0.5, 0.6) is 0 Å². The molecule has 0 fully saturated rings. The minimum atomic E-state index is 0.679. The fraction of sp³-hybridized carbons (Fsp3) is 0. The monoisotopic (exact) mass is 337 g/mol. The summed E-state index contributed by atoms with van der Waals surface area (Å²) in [6.45, 7) is 0. The summed E-state index contributed by atoms with van der Waals surface area (Å²) in [5.41, 5.74) is 2.88. The molecule has 0 saturated heterocycles. The van der Waals surface area contributed by atoms with Gasteiger partial charge < -0.3 is 10.6 Å². The highest BCUT2D eigenvalue weighted by Gasteiger charge is 2.04. The number of nitrogens with zero attached hydrogens (tertiary/aromatic N) is 1. The van der Waals surface area contributed by atoms with Crippen molar-refractivity contribution in [2.75, 3.05) is 10.6 Å². The van der Waals surface area contributed by atoms with Crippen molar-refractivity contribution in [1.29, 1.82) is 0 Å². The highest BCUT2D eigenvalue weighted by molar-refractivity contribution is 6.06. The van der Waals surface area contributed by atoms with Crippen LogP contribution in [0.25, 0.3) is 10.8 Å². The Morgan fingerprint density at radius 3 is 1.73 bits per heavy atom. The van der Waals surface area contributed by atoms with Gasteiger partial charge in [0.2, 0.25) is 5.96 Å². The van der Waals surface area contributed by atoms with E-state index in [4.69, 9.17) is 4.99 Å². The molecule has 2 N–H and O–H groups in total. The van der Waals surface area contributed by atoms with Crippen molar-refractivity contribution in [2.24, 2.45) is 4.99 Å². The summed E-state index contributed by atoms with van der Waals surface area (Å²) >= 11 is 0. The van der Waals surface area contributed by atoms with Gasteiger partial charge in [0.05, 0.1) is 5.69 Å². The SMILES string of the molecule is c1ccc(NC(=Nc2cccc3ccccc23)Nc2ccccc2)cc1. The predicted molar refractivity (Wildman–Crippen MR) is 111 cm³/mol. The van der Waals surface area contributed by atoms with Gasteiger partial charge in [-0.25, -0.2) is 4.99 Å². The Hall–Kier alpha value is -3.59. The molecule has 4 rings (SSSR count). The molecule has 0 unspecified atom stereocenters. The third-order valence-electron chi connectivity index (χ3n) is 4.07. The number of guanidine groups is 1. The largest absolute Gasteiger partial charge is 0.326 e. The summed E-state index contributed by atoms with van der Waals surface area (Å²) in [5, 5.41) is 9.06. The van der Waals surface area contributed by atoms with Crippen LogP contribution in [0.4, 0.5) is 17.1 Å². The van der Waals surface area contributed by atoms with E-state index in [1.165, 1.54) is 5.39 Å². The molecule has 0 spiro atoms. The van der Waals surface area contributed by atoms with Crippen LogP contribution in [0.2, 0.25) is 0 Å². The molecule has 0 saturated carbocycles. The first kappa shape index (κ1) is 15.9. The van der Waals surface area contributed by atoms with Gasteiger partial charge in [0.15, 0.2) is 0 Å². The van der Waals surface area contributed by atoms with E-state index in [2.05, 4.69) is 28.8 Å². The number of nitrogens with one attached hydrogen (secondary N) is 2. The zero-order valence-corrected chi connectivity index (χ0v) is 14.3. The molecule has 0 aromatic heterocycles. The van der Waals surface area contributed by atoms with Gasteiger partial charge in [-0.1, -0.05) is 72.8 Å². The number of aliphatic imine (C=N–C) groups is 1. The smallest absolute Gasteiger partial charge is 0.205 e. The topological polar surface area (TPSA) is 36.4 Å². The fourth-order valence-corrected chi connectivity index (χ4v) is 2.83. The van der Waals surface area contributed by atoms with E-state index >= 15 is 0 Å². The number of para-hydroxylation sites is 2. The Labute approximate surface area is 153 Å². The third-order valence-corrected chi connectivity index (χ3v) is 4.07. The second-order valence-corrected chi connectivity index (χ2v) is 5.94. The van der Waals surface area contributed by atoms with Gasteiger partial charge in [0, 0.05) is 16.8 Å². The first-order chi connectivity index (χ1) is 12.9. The van der Waals surface area contributed by atoms with Crippen molar-refractivity contribution in [3.8, 4) is 0 Å². The van der Waals surface area contributed by atoms with Crippen LogP contribution in [0.3, 0.4) is 0 Å². The first-order valence-corrected chi connectivity index (χ1v) is 8.59. The highest BCUT2D eigenvalue weighted by Crippen LogP contribution is 2.26. The van der Waals surface area contributed by atoms with Crippen LogP contribution in [-0.4, -0.2) is 5.96 Å². The molecule has 126 valence electrons. The zero-order chi connectivity index (χ0) is 17.6. The van der Waals surface area contributed by atoms with Crippen molar-refractivity contribution < 1.29 is 0 Å². The number of rotatable bonds is 3. The Bertz CT molecular complexity index is 976. The van der Waals surface area contributed by atoms with Gasteiger partial charge in [0.1, 0.15) is 0 Å². The molecule has 3 heteroatoms. The lowest BCUT2D eigenvalue weighted by molar-refractivity contribution is 1.47. The molecule has 4 aromatic rings. The third kappa shape index (κ3) is 3.73. The number of hydrogen-bond donors (Lipinski definition) is 2. The van der Waals surface area contributed by atoms with Crippen LogP contribution >= 0.6 is 0 Å². The highest BCUT2D eigenvalue weighted by atomic mass is 15.2. The molecule has 0 aliphatic rings. The van der Waals surface area contributed by atoms with Crippen molar-refractivity contribution in [2.45, 2.75) is 0 Å². The molecule has 26 heavy (non-hydrogen) atoms. The lowest BCUT2D eigenvalue weighted by Gasteiger charge is -2.13. The van der Waals surface area contributed by atoms with Crippen LogP contribution in [0, 0.1) is 0 Å². The van der Waals surface area contributed by atoms with E-state index in [0.717, 1.165) is 22.4 Å². The van der Waals surface area contributed by atoms with E-state index in [-0.39, 0.29) is 0 Å². The number of benzene rings is 4. The van der Waals surface area contributed by atoms with Gasteiger partial charge in [0.25, 0.3) is 0 Å². The minimum Gasteiger partial charge on any atom is -0.326 e. The second kappa shape index (κ2) is 7.53. The summed E-state index contributed by atoms with van der Waals surface area (Å²) < 4.78 is 0. The minimum absolute atomic E-state index is 0.679. The standard InChI is InChI=1S/C23H19N3/c1-3-12-19(13-4-1)24-23(25-20-14-5-2-6-15-20)26-22-17-9-11-18-10-7-8-16-21(18)22/h1-17H,(H2,24,25,26). The normalized spacial score (nSPS) is 10.3. The molecule has 0 amide bonds. The predicted octanol–water partition coefficient (Wildman–Crippen LogP) is 6.05. The molecule has 0 aliphatic carbocycles. The molecular formula is C23H19N3. The maximum atomic E-state index is 4.87. The zero-order valence-electron chi connectivity index (χ0n) is 14.3. The van der Waals surface area contributed by atoms with Crippen LogP contribution in [0.1, 0.15) is 0 Å². The molecule has 0 bridgehead atoms. The van der Waals surface area contributed by atoms with Gasteiger partial charge in [-0.2, -0.15) is 0 Å². The van der Waals surface area contributed by atoms with Crippen molar-refractivity contribution in [3.63, 3.8) is 0 Å². The van der Waals surface area contributed by atoms with E-state index in [0.29, 0.717) is 5.96 Å². The number of hydrogen-bond acceptors (Lipinski definition) is 1. The molecule has 0 aliphatic heterocycles. The fourth-order valence-electron chi connectivity index (χ4n) is 2.83. The second-order valence-electron chi connectivity index (χ2n) is 5.94. The maximum Gasteiger partial charge on any atom is 0.205 e. The van der Waals surface area contributed by atoms with Crippen LogP contribution in [-0.2, 0) is 0 Å². The van der Waals surface area contributed by atoms with E-state index in [9.17, 15) is 0 Å². The molecule has 3 nitrogen and oxygen atoms in total. The van der Waals surface area contributed by atoms with Gasteiger partial charge >= 0.3 is 0 Å². The Morgan fingerprint density at radius 1 is 0.538 bits per heavy atom. The Kier molecular flexibility index (Phi) is 4.61. The van der Waals surface area contributed by atoms with Crippen LogP contribution < -0.4 is 10.6 Å². The van der Waals surface area contributed by atoms with Crippen LogP contribution in [0.15, 0.2) is 108 Å². The van der Waals surface area contributed by atoms with E-state index < -0.39 is 0 Å². The number of anilines is 2. The average Bonchev–Trinajstić information content (AvgIpc) is 2.70. The van der Waals surface area contributed by atoms with Gasteiger partial charge in [-0.3, -0.25) is 0 Å². The Balaban J connectivity index is 1.74. The lowest BCUT2D eigenvalue weighted by atomic mass is 10.1. The van der Waals surface area contributed by atoms with Gasteiger partial charge in [-0.05, 0) is 35.7 Å². The maximum absolute atomic E-state index is 4.87. The van der Waals surface area contributed by atoms with Crippen molar-refractivity contribution in [3.05, 3.63) is 103 Å². The lowest BCUT2D eigenvalue weighted by Crippen LogP contribution is -2.21. The summed E-state index contributed by atoms with van der Waals surface area (Å²) in [6, 6.07) is 34.5. The summed E-state index contributed by atoms with van der Waals surface area (Å²) in [5.74, 6) is 0.679.